The quantitative estimate of drug-likeness (QED) is 0.331. The van der Waals surface area contributed by atoms with E-state index in [0.717, 1.165) is 34.3 Å². The lowest BCUT2D eigenvalue weighted by Crippen LogP contribution is -2.20. The van der Waals surface area contributed by atoms with Gasteiger partial charge in [0, 0.05) is 47.7 Å². The summed E-state index contributed by atoms with van der Waals surface area (Å²) in [6.45, 7) is 10.9. The second kappa shape index (κ2) is 9.73. The van der Waals surface area contributed by atoms with Crippen LogP contribution in [-0.4, -0.2) is 42.2 Å². The Hall–Kier alpha value is -4.34. The molecule has 0 atom stereocenters. The van der Waals surface area contributed by atoms with E-state index in [1.165, 1.54) is 0 Å². The van der Waals surface area contributed by atoms with Crippen molar-refractivity contribution in [1.29, 1.82) is 0 Å². The number of fused-ring (bicyclic) bond motifs is 1. The highest BCUT2D eigenvalue weighted by Crippen LogP contribution is 2.29. The summed E-state index contributed by atoms with van der Waals surface area (Å²) in [6, 6.07) is 7.69. The van der Waals surface area contributed by atoms with Crippen LogP contribution in [0.5, 0.6) is 0 Å². The summed E-state index contributed by atoms with van der Waals surface area (Å²) < 4.78 is 1.82. The molecule has 0 unspecified atom stereocenters. The van der Waals surface area contributed by atoms with Crippen molar-refractivity contribution in [2.75, 3.05) is 17.2 Å². The van der Waals surface area contributed by atoms with Gasteiger partial charge in [0.25, 0.3) is 0 Å². The van der Waals surface area contributed by atoms with Crippen molar-refractivity contribution in [3.8, 4) is 11.4 Å². The van der Waals surface area contributed by atoms with Crippen molar-refractivity contribution >= 4 is 40.3 Å². The van der Waals surface area contributed by atoms with Crippen LogP contribution in [0.3, 0.4) is 0 Å². The van der Waals surface area contributed by atoms with Gasteiger partial charge in [-0.15, -0.1) is 10.2 Å². The first-order chi connectivity index (χ1) is 17.0. The van der Waals surface area contributed by atoms with Gasteiger partial charge in [0.2, 0.25) is 11.9 Å². The third kappa shape index (κ3) is 5.65. The normalized spacial score (nSPS) is 12.1. The van der Waals surface area contributed by atoms with Gasteiger partial charge in [0.1, 0.15) is 11.8 Å². The van der Waals surface area contributed by atoms with Crippen molar-refractivity contribution in [3.05, 3.63) is 53.6 Å². The number of anilines is 3. The molecule has 1 aromatic carbocycles. The molecule has 10 nitrogen and oxygen atoms in total. The Labute approximate surface area is 210 Å². The molecule has 1 amide bonds. The SMILES string of the molecule is CC(=Cc1cc(-c2nncn2C)ccc1Nc1ncc2cc(C)nc(NCC(C)(C)C)c2n1)C(N)=O. The van der Waals surface area contributed by atoms with Crippen LogP contribution in [0.4, 0.5) is 17.5 Å². The maximum absolute atomic E-state index is 11.8. The van der Waals surface area contributed by atoms with Crippen molar-refractivity contribution < 1.29 is 4.79 Å². The Balaban J connectivity index is 1.75. The molecule has 186 valence electrons. The first kappa shape index (κ1) is 24.8. The first-order valence-electron chi connectivity index (χ1n) is 11.6. The van der Waals surface area contributed by atoms with E-state index in [2.05, 4.69) is 51.6 Å². The topological polar surface area (TPSA) is 137 Å². The Bertz CT molecular complexity index is 1460. The summed E-state index contributed by atoms with van der Waals surface area (Å²) in [4.78, 5) is 25.7. The molecule has 0 saturated carbocycles. The van der Waals surface area contributed by atoms with Gasteiger partial charge in [0.15, 0.2) is 11.6 Å². The number of rotatable bonds is 7. The summed E-state index contributed by atoms with van der Waals surface area (Å²) in [5, 5.41) is 15.8. The lowest BCUT2D eigenvalue weighted by Gasteiger charge is -2.20. The first-order valence-corrected chi connectivity index (χ1v) is 11.6. The van der Waals surface area contributed by atoms with E-state index in [4.69, 9.17) is 10.7 Å². The second-order valence-electron chi connectivity index (χ2n) is 10.0. The molecule has 0 aliphatic heterocycles. The average Bonchev–Trinajstić information content (AvgIpc) is 3.24. The molecule has 36 heavy (non-hydrogen) atoms. The molecule has 0 spiro atoms. The van der Waals surface area contributed by atoms with Gasteiger partial charge in [-0.2, -0.15) is 0 Å². The van der Waals surface area contributed by atoms with E-state index >= 15 is 0 Å². The minimum Gasteiger partial charge on any atom is -0.368 e. The van der Waals surface area contributed by atoms with Crippen LogP contribution in [-0.2, 0) is 11.8 Å². The number of aryl methyl sites for hydroxylation is 2. The van der Waals surface area contributed by atoms with Gasteiger partial charge in [0.05, 0.1) is 0 Å². The predicted octanol–water partition coefficient (Wildman–Crippen LogP) is 4.22. The van der Waals surface area contributed by atoms with E-state index in [1.807, 2.05) is 42.8 Å². The molecule has 3 aromatic heterocycles. The maximum Gasteiger partial charge on any atom is 0.244 e. The molecule has 0 fully saturated rings. The van der Waals surface area contributed by atoms with E-state index < -0.39 is 5.91 Å². The number of aromatic nitrogens is 6. The van der Waals surface area contributed by atoms with E-state index in [0.29, 0.717) is 28.9 Å². The highest BCUT2D eigenvalue weighted by molar-refractivity contribution is 5.97. The molecule has 0 aliphatic rings. The molecule has 10 heteroatoms. The monoisotopic (exact) mass is 485 g/mol. The van der Waals surface area contributed by atoms with Gasteiger partial charge in [-0.05, 0) is 55.2 Å². The van der Waals surface area contributed by atoms with Crippen molar-refractivity contribution in [2.24, 2.45) is 18.2 Å². The zero-order chi connectivity index (χ0) is 26.0. The fourth-order valence-corrected chi connectivity index (χ4v) is 3.61. The fraction of sp³-hybridized carbons (Fsp3) is 0.308. The predicted molar refractivity (Wildman–Crippen MR) is 143 cm³/mol. The largest absolute Gasteiger partial charge is 0.368 e. The second-order valence-corrected chi connectivity index (χ2v) is 10.0. The number of pyridine rings is 1. The third-order valence-electron chi connectivity index (χ3n) is 5.51. The third-order valence-corrected chi connectivity index (χ3v) is 5.51. The molecule has 0 radical (unpaired) electrons. The molecular formula is C26H31N9O. The number of primary amides is 1. The van der Waals surface area contributed by atoms with Crippen LogP contribution < -0.4 is 16.4 Å². The number of benzene rings is 1. The molecule has 3 heterocycles. The smallest absolute Gasteiger partial charge is 0.244 e. The Morgan fingerprint density at radius 2 is 1.97 bits per heavy atom. The fourth-order valence-electron chi connectivity index (χ4n) is 3.61. The molecule has 4 aromatic rings. The number of nitrogens with one attached hydrogen (secondary N) is 2. The lowest BCUT2D eigenvalue weighted by atomic mass is 9.97. The number of hydrogen-bond acceptors (Lipinski definition) is 8. The summed E-state index contributed by atoms with van der Waals surface area (Å²) in [7, 11) is 1.87. The summed E-state index contributed by atoms with van der Waals surface area (Å²) in [6.07, 6.45) is 5.14. The Morgan fingerprint density at radius 3 is 2.64 bits per heavy atom. The van der Waals surface area contributed by atoms with Gasteiger partial charge in [-0.3, -0.25) is 4.79 Å². The van der Waals surface area contributed by atoms with Gasteiger partial charge >= 0.3 is 0 Å². The number of carbonyl (C=O) groups is 1. The van der Waals surface area contributed by atoms with Crippen molar-refractivity contribution in [1.82, 2.24) is 29.7 Å². The van der Waals surface area contributed by atoms with Gasteiger partial charge in [-0.1, -0.05) is 20.8 Å². The highest BCUT2D eigenvalue weighted by Gasteiger charge is 2.15. The van der Waals surface area contributed by atoms with E-state index in [-0.39, 0.29) is 5.41 Å². The van der Waals surface area contributed by atoms with Crippen LogP contribution in [0, 0.1) is 12.3 Å². The minimum atomic E-state index is -0.497. The van der Waals surface area contributed by atoms with Crippen LogP contribution in [0.25, 0.3) is 28.4 Å². The molecule has 4 rings (SSSR count). The van der Waals surface area contributed by atoms with Gasteiger partial charge < -0.3 is 20.9 Å². The minimum absolute atomic E-state index is 0.0792. The van der Waals surface area contributed by atoms with Crippen LogP contribution >= 0.6 is 0 Å². The number of carbonyl (C=O) groups excluding carboxylic acids is 1. The van der Waals surface area contributed by atoms with Crippen LogP contribution in [0.2, 0.25) is 0 Å². The maximum atomic E-state index is 11.8. The summed E-state index contributed by atoms with van der Waals surface area (Å²) in [5.41, 5.74) is 9.91. The highest BCUT2D eigenvalue weighted by atomic mass is 16.1. The van der Waals surface area contributed by atoms with E-state index in [9.17, 15) is 4.79 Å². The van der Waals surface area contributed by atoms with Crippen LogP contribution in [0.15, 0.2) is 42.4 Å². The molecular weight excluding hydrogens is 454 g/mol. The van der Waals surface area contributed by atoms with Crippen molar-refractivity contribution in [3.63, 3.8) is 0 Å². The number of nitrogens with zero attached hydrogens (tertiary/aromatic N) is 6. The Morgan fingerprint density at radius 1 is 1.19 bits per heavy atom. The lowest BCUT2D eigenvalue weighted by molar-refractivity contribution is -0.114. The molecule has 0 saturated heterocycles. The molecule has 0 bridgehead atoms. The summed E-state index contributed by atoms with van der Waals surface area (Å²) >= 11 is 0. The zero-order valence-electron chi connectivity index (χ0n) is 21.4. The van der Waals surface area contributed by atoms with E-state index in [1.54, 1.807) is 25.5 Å². The Kier molecular flexibility index (Phi) is 6.69. The van der Waals surface area contributed by atoms with Gasteiger partial charge in [-0.25, -0.2) is 15.0 Å². The number of amides is 1. The molecule has 0 aliphatic carbocycles. The summed E-state index contributed by atoms with van der Waals surface area (Å²) in [5.74, 6) is 1.33. The zero-order valence-corrected chi connectivity index (χ0v) is 21.4. The molecule has 4 N–H and O–H groups in total. The number of hydrogen-bond donors (Lipinski definition) is 3. The number of nitrogens with two attached hydrogens (primary N) is 1. The standard InChI is InChI=1S/C26H31N9O/c1-15(22(27)36)9-18-11-17(24-34-30-14-35(24)6)7-8-20(18)32-25-28-12-19-10-16(2)31-23(21(19)33-25)29-13-26(3,4)5/h7-12,14H,13H2,1-6H3,(H2,27,36)(H,29,31)(H,28,32,33). The van der Waals surface area contributed by atoms with Crippen molar-refractivity contribution in [2.45, 2.75) is 34.6 Å². The van der Waals surface area contributed by atoms with Crippen LogP contribution in [0.1, 0.15) is 39.0 Å². The average molecular weight is 486 g/mol.